The van der Waals surface area contributed by atoms with Gasteiger partial charge in [-0.15, -0.1) is 0 Å². The molecule has 29 heavy (non-hydrogen) atoms. The molecule has 0 aliphatic rings. The highest BCUT2D eigenvalue weighted by Gasteiger charge is 2.19. The van der Waals surface area contributed by atoms with Crippen LogP contribution in [0.15, 0.2) is 36.4 Å². The number of rotatable bonds is 10. The van der Waals surface area contributed by atoms with Crippen molar-refractivity contribution in [1.29, 1.82) is 0 Å². The summed E-state index contributed by atoms with van der Waals surface area (Å²) < 4.78 is 32.7. The van der Waals surface area contributed by atoms with Crippen LogP contribution in [-0.2, 0) is 4.74 Å². The third-order valence-corrected chi connectivity index (χ3v) is 4.58. The van der Waals surface area contributed by atoms with Crippen molar-refractivity contribution in [2.45, 2.75) is 33.6 Å². The molecule has 0 atom stereocenters. The molecule has 2 aromatic rings. The molecule has 156 valence electrons. The number of carbonyl (C=O) groups is 2. The minimum Gasteiger partial charge on any atom is -0.461 e. The van der Waals surface area contributed by atoms with E-state index in [9.17, 15) is 18.4 Å². The van der Waals surface area contributed by atoms with Gasteiger partial charge in [-0.05, 0) is 62.7 Å². The maximum Gasteiger partial charge on any atom is 0.338 e. The number of benzene rings is 2. The zero-order chi connectivity index (χ0) is 21.4. The van der Waals surface area contributed by atoms with Crippen molar-refractivity contribution >= 4 is 11.8 Å². The van der Waals surface area contributed by atoms with Crippen molar-refractivity contribution in [2.75, 3.05) is 26.2 Å². The lowest BCUT2D eigenvalue weighted by Crippen LogP contribution is -2.30. The van der Waals surface area contributed by atoms with E-state index in [1.54, 1.807) is 0 Å². The molecule has 2 rings (SSSR count). The van der Waals surface area contributed by atoms with Crippen LogP contribution in [0.4, 0.5) is 8.78 Å². The molecule has 0 fully saturated rings. The summed E-state index contributed by atoms with van der Waals surface area (Å²) in [4.78, 5) is 26.8. The van der Waals surface area contributed by atoms with Crippen molar-refractivity contribution in [3.05, 3.63) is 59.2 Å². The third-order valence-electron chi connectivity index (χ3n) is 4.58. The maximum atomic E-state index is 14.1. The van der Waals surface area contributed by atoms with Crippen molar-refractivity contribution < 1.29 is 23.1 Å². The summed E-state index contributed by atoms with van der Waals surface area (Å²) in [5, 5.41) is 0. The van der Waals surface area contributed by atoms with Gasteiger partial charge in [0.05, 0.1) is 5.56 Å². The van der Waals surface area contributed by atoms with E-state index in [0.717, 1.165) is 38.1 Å². The molecule has 6 heteroatoms. The van der Waals surface area contributed by atoms with E-state index in [0.29, 0.717) is 12.1 Å². The molecule has 4 nitrogen and oxygen atoms in total. The van der Waals surface area contributed by atoms with Gasteiger partial charge in [-0.3, -0.25) is 9.69 Å². The van der Waals surface area contributed by atoms with Crippen LogP contribution in [0.3, 0.4) is 0 Å². The first-order valence-electron chi connectivity index (χ1n) is 9.87. The molecule has 0 aromatic heterocycles. The highest BCUT2D eigenvalue weighted by Crippen LogP contribution is 2.26. The summed E-state index contributed by atoms with van der Waals surface area (Å²) in [6.45, 7) is 8.18. The SMILES string of the molecule is CCCN(CCC)CCOC(=O)c1cc(-c2ccc(F)cc2F)ccc1C(C)=O. The molecule has 0 aliphatic carbocycles. The largest absolute Gasteiger partial charge is 0.461 e. The second-order valence-electron chi connectivity index (χ2n) is 6.92. The molecule has 2 aromatic carbocycles. The van der Waals surface area contributed by atoms with E-state index in [4.69, 9.17) is 4.74 Å². The highest BCUT2D eigenvalue weighted by molar-refractivity contribution is 6.06. The van der Waals surface area contributed by atoms with Crippen molar-refractivity contribution in [2.24, 2.45) is 0 Å². The van der Waals surface area contributed by atoms with E-state index < -0.39 is 17.6 Å². The Morgan fingerprint density at radius 2 is 1.62 bits per heavy atom. The summed E-state index contributed by atoms with van der Waals surface area (Å²) in [5.74, 6) is -2.35. The van der Waals surface area contributed by atoms with Crippen LogP contribution in [0.25, 0.3) is 11.1 Å². The molecule has 0 spiro atoms. The van der Waals surface area contributed by atoms with Crippen molar-refractivity contribution in [3.8, 4) is 11.1 Å². The van der Waals surface area contributed by atoms with Gasteiger partial charge in [0.15, 0.2) is 5.78 Å². The smallest absolute Gasteiger partial charge is 0.338 e. The van der Waals surface area contributed by atoms with Gasteiger partial charge in [0.25, 0.3) is 0 Å². The molecule has 0 radical (unpaired) electrons. The van der Waals surface area contributed by atoms with Gasteiger partial charge in [-0.2, -0.15) is 0 Å². The van der Waals surface area contributed by atoms with Crippen molar-refractivity contribution in [1.82, 2.24) is 4.90 Å². The van der Waals surface area contributed by atoms with Crippen LogP contribution >= 0.6 is 0 Å². The Balaban J connectivity index is 2.22. The lowest BCUT2D eigenvalue weighted by atomic mass is 9.97. The Hall–Kier alpha value is -2.60. The Bertz CT molecular complexity index is 861. The van der Waals surface area contributed by atoms with Gasteiger partial charge in [0, 0.05) is 23.7 Å². The molecule has 0 saturated heterocycles. The summed E-state index contributed by atoms with van der Waals surface area (Å²) in [6.07, 6.45) is 2.02. The fraction of sp³-hybridized carbons (Fsp3) is 0.391. The number of nitrogens with zero attached hydrogens (tertiary/aromatic N) is 1. The second-order valence-corrected chi connectivity index (χ2v) is 6.92. The second kappa shape index (κ2) is 10.8. The number of hydrogen-bond acceptors (Lipinski definition) is 4. The first kappa shape index (κ1) is 22.7. The minimum absolute atomic E-state index is 0.0799. The maximum absolute atomic E-state index is 14.1. The minimum atomic E-state index is -0.741. The van der Waals surface area contributed by atoms with Gasteiger partial charge in [0.1, 0.15) is 18.2 Å². The van der Waals surface area contributed by atoms with Gasteiger partial charge in [-0.1, -0.05) is 19.9 Å². The van der Waals surface area contributed by atoms with E-state index in [2.05, 4.69) is 18.7 Å². The first-order valence-corrected chi connectivity index (χ1v) is 9.87. The first-order chi connectivity index (χ1) is 13.9. The van der Waals surface area contributed by atoms with Crippen LogP contribution < -0.4 is 0 Å². The summed E-state index contributed by atoms with van der Waals surface area (Å²) >= 11 is 0. The fourth-order valence-corrected chi connectivity index (χ4v) is 3.22. The van der Waals surface area contributed by atoms with E-state index in [1.807, 2.05) is 0 Å². The molecule has 0 N–H and O–H groups in total. The fourth-order valence-electron chi connectivity index (χ4n) is 3.22. The van der Waals surface area contributed by atoms with Crippen LogP contribution in [-0.4, -0.2) is 42.9 Å². The Kier molecular flexibility index (Phi) is 8.46. The third kappa shape index (κ3) is 6.19. The molecule has 0 unspecified atom stereocenters. The Morgan fingerprint density at radius 1 is 0.931 bits per heavy atom. The molecular weight excluding hydrogens is 376 g/mol. The highest BCUT2D eigenvalue weighted by atomic mass is 19.1. The van der Waals surface area contributed by atoms with Gasteiger partial charge < -0.3 is 4.74 Å². The molecule has 0 bridgehead atoms. The van der Waals surface area contributed by atoms with Crippen LogP contribution in [0.1, 0.15) is 54.3 Å². The van der Waals surface area contributed by atoms with Crippen LogP contribution in [0.2, 0.25) is 0 Å². The zero-order valence-corrected chi connectivity index (χ0v) is 17.1. The lowest BCUT2D eigenvalue weighted by Gasteiger charge is -2.20. The number of ketones is 1. The number of ether oxygens (including phenoxy) is 1. The van der Waals surface area contributed by atoms with E-state index in [1.165, 1.54) is 31.2 Å². The normalized spacial score (nSPS) is 11.0. The summed E-state index contributed by atoms with van der Waals surface area (Å²) in [5.41, 5.74) is 0.808. The predicted octanol–water partition coefficient (Wildman–Crippen LogP) is 5.11. The van der Waals surface area contributed by atoms with Gasteiger partial charge >= 0.3 is 5.97 Å². The molecule has 0 heterocycles. The Labute approximate surface area is 170 Å². The average molecular weight is 403 g/mol. The van der Waals surface area contributed by atoms with E-state index in [-0.39, 0.29) is 29.1 Å². The average Bonchev–Trinajstić information content (AvgIpc) is 2.67. The number of carbonyl (C=O) groups excluding carboxylic acids is 2. The van der Waals surface area contributed by atoms with Gasteiger partial charge in [-0.25, -0.2) is 13.6 Å². The van der Waals surface area contributed by atoms with Crippen LogP contribution in [0.5, 0.6) is 0 Å². The topological polar surface area (TPSA) is 46.6 Å². The number of halogens is 2. The monoisotopic (exact) mass is 403 g/mol. The standard InChI is InChI=1S/C23H27F2NO3/c1-4-10-26(11-5-2)12-13-29-23(28)21-14-17(6-8-19(21)16(3)27)20-9-7-18(24)15-22(20)25/h6-9,14-15H,4-5,10-13H2,1-3H3. The number of Topliss-reactive ketones (excluding diaryl/α,β-unsaturated/α-hetero) is 1. The van der Waals surface area contributed by atoms with E-state index >= 15 is 0 Å². The van der Waals surface area contributed by atoms with Gasteiger partial charge in [0.2, 0.25) is 0 Å². The lowest BCUT2D eigenvalue weighted by molar-refractivity contribution is 0.0459. The quantitative estimate of drug-likeness (QED) is 0.408. The number of hydrogen-bond donors (Lipinski definition) is 0. The van der Waals surface area contributed by atoms with Crippen LogP contribution in [0, 0.1) is 11.6 Å². The molecule has 0 amide bonds. The molecule has 0 aliphatic heterocycles. The van der Waals surface area contributed by atoms with Crippen molar-refractivity contribution in [3.63, 3.8) is 0 Å². The Morgan fingerprint density at radius 3 is 2.21 bits per heavy atom. The molecular formula is C23H27F2NO3. The summed E-state index contributed by atoms with van der Waals surface area (Å²) in [7, 11) is 0. The summed E-state index contributed by atoms with van der Waals surface area (Å²) in [6, 6.07) is 7.65. The zero-order valence-electron chi connectivity index (χ0n) is 17.1. The predicted molar refractivity (Wildman–Crippen MR) is 109 cm³/mol. The molecule has 0 saturated carbocycles. The number of esters is 1.